The molecule has 0 aliphatic carbocycles. The molecule has 1 amide bonds. The van der Waals surface area contributed by atoms with E-state index in [1.54, 1.807) is 0 Å². The summed E-state index contributed by atoms with van der Waals surface area (Å²) in [4.78, 5) is 11.7. The van der Waals surface area contributed by atoms with Gasteiger partial charge in [0, 0.05) is 24.3 Å². The van der Waals surface area contributed by atoms with E-state index in [2.05, 4.69) is 5.32 Å². The number of carbonyl (C=O) groups excluding carboxylic acids is 1. The molecule has 1 aliphatic rings. The molecule has 1 N–H and O–H groups in total. The Hall–Kier alpha value is -2.46. The molecule has 1 heterocycles. The molecule has 3 rings (SSSR count). The first-order chi connectivity index (χ1) is 13.1. The van der Waals surface area contributed by atoms with Gasteiger partial charge in [-0.25, -0.2) is 12.8 Å². The minimum atomic E-state index is -4.50. The van der Waals surface area contributed by atoms with Crippen molar-refractivity contribution in [3.63, 3.8) is 0 Å². The van der Waals surface area contributed by atoms with Crippen molar-refractivity contribution in [3.8, 4) is 0 Å². The molecule has 10 heteroatoms. The van der Waals surface area contributed by atoms with Gasteiger partial charge in [-0.3, -0.25) is 4.79 Å². The van der Waals surface area contributed by atoms with Crippen LogP contribution < -0.4 is 5.32 Å². The molecule has 0 aromatic heterocycles. The first kappa shape index (κ1) is 20.3. The number of anilines is 1. The third-order valence-corrected chi connectivity index (χ3v) is 6.26. The quantitative estimate of drug-likeness (QED) is 0.770. The normalized spacial score (nSPS) is 15.6. The Morgan fingerprint density at radius 3 is 2.18 bits per heavy atom. The van der Waals surface area contributed by atoms with E-state index in [0.717, 1.165) is 46.8 Å². The number of nitrogens with one attached hydrogen (secondary N) is 1. The highest BCUT2D eigenvalue weighted by molar-refractivity contribution is 7.89. The third-order valence-electron chi connectivity index (χ3n) is 4.35. The Morgan fingerprint density at radius 1 is 1.00 bits per heavy atom. The zero-order valence-corrected chi connectivity index (χ0v) is 15.3. The van der Waals surface area contributed by atoms with Crippen LogP contribution in [0.1, 0.15) is 28.8 Å². The van der Waals surface area contributed by atoms with Gasteiger partial charge < -0.3 is 5.32 Å². The summed E-state index contributed by atoms with van der Waals surface area (Å²) in [6, 6.07) is 6.69. The largest absolute Gasteiger partial charge is 0.416 e. The van der Waals surface area contributed by atoms with Gasteiger partial charge in [0.1, 0.15) is 10.7 Å². The predicted octanol–water partition coefficient (Wildman–Crippen LogP) is 3.88. The molecule has 0 unspecified atom stereocenters. The minimum Gasteiger partial charge on any atom is -0.322 e. The van der Waals surface area contributed by atoms with E-state index in [9.17, 15) is 30.8 Å². The van der Waals surface area contributed by atoms with Gasteiger partial charge in [0.05, 0.1) is 5.56 Å². The standard InChI is InChI=1S/C18H16F4N2O3S/c19-15-8-3-12(11-16(15)28(26,27)24-9-1-2-10-24)17(25)23-14-6-4-13(5-7-14)18(20,21)22/h3-8,11H,1-2,9-10H2,(H,23,25). The van der Waals surface area contributed by atoms with Gasteiger partial charge in [0.15, 0.2) is 0 Å². The monoisotopic (exact) mass is 416 g/mol. The van der Waals surface area contributed by atoms with Gasteiger partial charge in [0.25, 0.3) is 5.91 Å². The van der Waals surface area contributed by atoms with Crippen LogP contribution in [0.15, 0.2) is 47.4 Å². The SMILES string of the molecule is O=C(Nc1ccc(C(F)(F)F)cc1)c1ccc(F)c(S(=O)(=O)N2CCCC2)c1. The molecule has 28 heavy (non-hydrogen) atoms. The maximum Gasteiger partial charge on any atom is 0.416 e. The molecule has 0 bridgehead atoms. The fourth-order valence-electron chi connectivity index (χ4n) is 2.86. The Morgan fingerprint density at radius 2 is 1.61 bits per heavy atom. The van der Waals surface area contributed by atoms with E-state index in [0.29, 0.717) is 12.8 Å². The second-order valence-corrected chi connectivity index (χ2v) is 8.19. The van der Waals surface area contributed by atoms with Gasteiger partial charge in [-0.1, -0.05) is 0 Å². The zero-order chi connectivity index (χ0) is 20.5. The predicted molar refractivity (Wildman–Crippen MR) is 93.8 cm³/mol. The van der Waals surface area contributed by atoms with Gasteiger partial charge in [-0.15, -0.1) is 0 Å². The molecule has 2 aromatic carbocycles. The molecule has 5 nitrogen and oxygen atoms in total. The lowest BCUT2D eigenvalue weighted by Gasteiger charge is -2.16. The number of nitrogens with zero attached hydrogens (tertiary/aromatic N) is 1. The van der Waals surface area contributed by atoms with Crippen molar-refractivity contribution in [1.82, 2.24) is 4.31 Å². The lowest BCUT2D eigenvalue weighted by atomic mass is 10.1. The molecule has 0 spiro atoms. The van der Waals surface area contributed by atoms with Crippen LogP contribution in [-0.4, -0.2) is 31.7 Å². The van der Waals surface area contributed by atoms with Crippen LogP contribution >= 0.6 is 0 Å². The van der Waals surface area contributed by atoms with Crippen molar-refractivity contribution in [1.29, 1.82) is 0 Å². The number of rotatable bonds is 4. The summed E-state index contributed by atoms with van der Waals surface area (Å²) in [7, 11) is -4.07. The van der Waals surface area contributed by atoms with Crippen LogP contribution in [0.3, 0.4) is 0 Å². The smallest absolute Gasteiger partial charge is 0.322 e. The highest BCUT2D eigenvalue weighted by Crippen LogP contribution is 2.30. The third kappa shape index (κ3) is 4.17. The molecule has 0 atom stereocenters. The molecule has 150 valence electrons. The van der Waals surface area contributed by atoms with Crippen LogP contribution in [0.4, 0.5) is 23.2 Å². The fourth-order valence-corrected chi connectivity index (χ4v) is 4.46. The van der Waals surface area contributed by atoms with Crippen molar-refractivity contribution >= 4 is 21.6 Å². The average Bonchev–Trinajstić information content (AvgIpc) is 3.17. The van der Waals surface area contributed by atoms with Crippen molar-refractivity contribution in [2.75, 3.05) is 18.4 Å². The van der Waals surface area contributed by atoms with Crippen molar-refractivity contribution in [2.24, 2.45) is 0 Å². The van der Waals surface area contributed by atoms with Gasteiger partial charge in [-0.2, -0.15) is 17.5 Å². The first-order valence-electron chi connectivity index (χ1n) is 8.37. The molecule has 1 saturated heterocycles. The summed E-state index contributed by atoms with van der Waals surface area (Å²) < 4.78 is 78.2. The van der Waals surface area contributed by atoms with Crippen LogP contribution in [-0.2, 0) is 16.2 Å². The minimum absolute atomic E-state index is 0.0891. The maximum absolute atomic E-state index is 14.1. The van der Waals surface area contributed by atoms with E-state index in [1.807, 2.05) is 0 Å². The Bertz CT molecular complexity index is 983. The van der Waals surface area contributed by atoms with E-state index in [1.165, 1.54) is 0 Å². The van der Waals surface area contributed by atoms with Crippen LogP contribution in [0.5, 0.6) is 0 Å². The topological polar surface area (TPSA) is 66.5 Å². The van der Waals surface area contributed by atoms with Crippen molar-refractivity contribution in [3.05, 3.63) is 59.4 Å². The Balaban J connectivity index is 1.83. The number of hydrogen-bond acceptors (Lipinski definition) is 3. The Labute approximate surface area is 159 Å². The van der Waals surface area contributed by atoms with E-state index in [-0.39, 0.29) is 24.3 Å². The number of benzene rings is 2. The molecule has 2 aromatic rings. The zero-order valence-electron chi connectivity index (χ0n) is 14.5. The van der Waals surface area contributed by atoms with Crippen molar-refractivity contribution in [2.45, 2.75) is 23.9 Å². The van der Waals surface area contributed by atoms with Crippen LogP contribution in [0, 0.1) is 5.82 Å². The first-order valence-corrected chi connectivity index (χ1v) is 9.81. The molecular formula is C18H16F4N2O3S. The van der Waals surface area contributed by atoms with E-state index in [4.69, 9.17) is 0 Å². The molecule has 1 fully saturated rings. The fraction of sp³-hybridized carbons (Fsp3) is 0.278. The average molecular weight is 416 g/mol. The summed E-state index contributed by atoms with van der Waals surface area (Å²) in [6.07, 6.45) is -3.15. The van der Waals surface area contributed by atoms with Gasteiger partial charge in [-0.05, 0) is 55.3 Å². The van der Waals surface area contributed by atoms with Crippen LogP contribution in [0.25, 0.3) is 0 Å². The summed E-state index contributed by atoms with van der Waals surface area (Å²) in [6.45, 7) is 0.563. The van der Waals surface area contributed by atoms with Crippen molar-refractivity contribution < 1.29 is 30.8 Å². The molecule has 0 saturated carbocycles. The van der Waals surface area contributed by atoms with Gasteiger partial charge in [0.2, 0.25) is 10.0 Å². The highest BCUT2D eigenvalue weighted by atomic mass is 32.2. The lowest BCUT2D eigenvalue weighted by molar-refractivity contribution is -0.137. The second kappa shape index (κ2) is 7.51. The summed E-state index contributed by atoms with van der Waals surface area (Å²) in [5, 5.41) is 2.37. The number of halogens is 4. The maximum atomic E-state index is 14.1. The van der Waals surface area contributed by atoms with E-state index >= 15 is 0 Å². The summed E-state index contributed by atoms with van der Waals surface area (Å²) in [5.41, 5.74) is -0.906. The lowest BCUT2D eigenvalue weighted by Crippen LogP contribution is -2.29. The number of sulfonamides is 1. The number of hydrogen-bond donors (Lipinski definition) is 1. The number of carbonyl (C=O) groups is 1. The van der Waals surface area contributed by atoms with Gasteiger partial charge >= 0.3 is 6.18 Å². The number of alkyl halides is 3. The van der Waals surface area contributed by atoms with E-state index < -0.39 is 38.4 Å². The van der Waals surface area contributed by atoms with Crippen LogP contribution in [0.2, 0.25) is 0 Å². The summed E-state index contributed by atoms with van der Waals surface area (Å²) in [5.74, 6) is -1.74. The molecule has 0 radical (unpaired) electrons. The Kier molecular flexibility index (Phi) is 5.44. The molecule has 1 aliphatic heterocycles. The number of amides is 1. The second-order valence-electron chi connectivity index (χ2n) is 6.29. The summed E-state index contributed by atoms with van der Waals surface area (Å²) >= 11 is 0. The molecular weight excluding hydrogens is 400 g/mol. The highest BCUT2D eigenvalue weighted by Gasteiger charge is 2.31.